The fraction of sp³-hybridized carbons (Fsp3) is 1.00. The third-order valence-electron chi connectivity index (χ3n) is 2.72. The molecule has 2 heteroatoms. The fourth-order valence-electron chi connectivity index (χ4n) is 1.70. The molecule has 0 aliphatic heterocycles. The monoisotopic (exact) mass is 185 g/mol. The van der Waals surface area contributed by atoms with Gasteiger partial charge in [-0.3, -0.25) is 0 Å². The van der Waals surface area contributed by atoms with Gasteiger partial charge in [0.25, 0.3) is 0 Å². The molecule has 1 rings (SSSR count). The minimum atomic E-state index is -0.502. The first-order chi connectivity index (χ1) is 6.14. The van der Waals surface area contributed by atoms with E-state index in [-0.39, 0.29) is 0 Å². The first-order valence-electron chi connectivity index (χ1n) is 5.57. The molecule has 0 heterocycles. The summed E-state index contributed by atoms with van der Waals surface area (Å²) >= 11 is 0. The van der Waals surface area contributed by atoms with Gasteiger partial charge in [0.1, 0.15) is 0 Å². The van der Waals surface area contributed by atoms with Crippen molar-refractivity contribution in [3.8, 4) is 0 Å². The number of hydrogen-bond acceptors (Lipinski definition) is 2. The molecule has 1 unspecified atom stereocenters. The Morgan fingerprint density at radius 1 is 1.46 bits per heavy atom. The summed E-state index contributed by atoms with van der Waals surface area (Å²) in [6.07, 6.45) is 6.09. The predicted molar refractivity (Wildman–Crippen MR) is 55.7 cm³/mol. The van der Waals surface area contributed by atoms with Crippen LogP contribution in [0.4, 0.5) is 0 Å². The SMILES string of the molecule is CCCC(C)(O)CNCCC1CC1. The summed E-state index contributed by atoms with van der Waals surface area (Å²) in [4.78, 5) is 0. The smallest absolute Gasteiger partial charge is 0.0743 e. The maximum Gasteiger partial charge on any atom is 0.0743 e. The van der Waals surface area contributed by atoms with Crippen LogP contribution in [0.5, 0.6) is 0 Å². The van der Waals surface area contributed by atoms with E-state index in [0.717, 1.165) is 31.8 Å². The second kappa shape index (κ2) is 4.97. The van der Waals surface area contributed by atoms with E-state index in [0.29, 0.717) is 0 Å². The molecule has 1 saturated carbocycles. The van der Waals surface area contributed by atoms with Crippen LogP contribution in [0.15, 0.2) is 0 Å². The van der Waals surface area contributed by atoms with Crippen molar-refractivity contribution in [2.75, 3.05) is 13.1 Å². The molecule has 0 saturated heterocycles. The minimum absolute atomic E-state index is 0.502. The molecule has 2 N–H and O–H groups in total. The van der Waals surface area contributed by atoms with E-state index in [9.17, 15) is 5.11 Å². The number of aliphatic hydroxyl groups is 1. The number of nitrogens with one attached hydrogen (secondary N) is 1. The van der Waals surface area contributed by atoms with Crippen LogP contribution in [0.3, 0.4) is 0 Å². The van der Waals surface area contributed by atoms with Crippen molar-refractivity contribution < 1.29 is 5.11 Å². The van der Waals surface area contributed by atoms with Crippen molar-refractivity contribution in [1.82, 2.24) is 5.32 Å². The lowest BCUT2D eigenvalue weighted by Gasteiger charge is -2.22. The molecule has 0 spiro atoms. The van der Waals surface area contributed by atoms with Gasteiger partial charge in [-0.2, -0.15) is 0 Å². The summed E-state index contributed by atoms with van der Waals surface area (Å²) in [7, 11) is 0. The molecule has 13 heavy (non-hydrogen) atoms. The zero-order chi connectivity index (χ0) is 9.73. The second-order valence-electron chi connectivity index (χ2n) is 4.66. The molecule has 0 aromatic heterocycles. The van der Waals surface area contributed by atoms with E-state index >= 15 is 0 Å². The maximum absolute atomic E-state index is 9.83. The van der Waals surface area contributed by atoms with Crippen LogP contribution in [-0.2, 0) is 0 Å². The molecule has 0 radical (unpaired) electrons. The van der Waals surface area contributed by atoms with E-state index < -0.39 is 5.60 Å². The lowest BCUT2D eigenvalue weighted by atomic mass is 10.0. The van der Waals surface area contributed by atoms with Crippen LogP contribution in [-0.4, -0.2) is 23.8 Å². The molecular formula is C11H23NO. The summed E-state index contributed by atoms with van der Waals surface area (Å²) < 4.78 is 0. The van der Waals surface area contributed by atoms with Gasteiger partial charge in [-0.15, -0.1) is 0 Å². The van der Waals surface area contributed by atoms with Gasteiger partial charge in [-0.05, 0) is 32.2 Å². The quantitative estimate of drug-likeness (QED) is 0.594. The number of rotatable bonds is 7. The van der Waals surface area contributed by atoms with Gasteiger partial charge < -0.3 is 10.4 Å². The molecule has 78 valence electrons. The van der Waals surface area contributed by atoms with Crippen LogP contribution in [0.2, 0.25) is 0 Å². The van der Waals surface area contributed by atoms with Gasteiger partial charge in [0.15, 0.2) is 0 Å². The highest BCUT2D eigenvalue weighted by molar-refractivity contribution is 4.77. The average molecular weight is 185 g/mol. The predicted octanol–water partition coefficient (Wildman–Crippen LogP) is 1.93. The molecule has 0 amide bonds. The Morgan fingerprint density at radius 2 is 2.15 bits per heavy atom. The first-order valence-corrected chi connectivity index (χ1v) is 5.57. The van der Waals surface area contributed by atoms with Crippen LogP contribution in [0.1, 0.15) is 46.0 Å². The molecule has 1 aliphatic rings. The van der Waals surface area contributed by atoms with Crippen molar-refractivity contribution in [3.05, 3.63) is 0 Å². The van der Waals surface area contributed by atoms with E-state index in [1.54, 1.807) is 0 Å². The highest BCUT2D eigenvalue weighted by Crippen LogP contribution is 2.31. The molecule has 1 atom stereocenters. The standard InChI is InChI=1S/C11H23NO/c1-3-7-11(2,13)9-12-8-6-10-4-5-10/h10,12-13H,3-9H2,1-2H3. The van der Waals surface area contributed by atoms with Crippen molar-refractivity contribution in [2.24, 2.45) is 5.92 Å². The van der Waals surface area contributed by atoms with Crippen LogP contribution in [0.25, 0.3) is 0 Å². The van der Waals surface area contributed by atoms with Crippen molar-refractivity contribution in [1.29, 1.82) is 0 Å². The largest absolute Gasteiger partial charge is 0.389 e. The van der Waals surface area contributed by atoms with Gasteiger partial charge in [0, 0.05) is 6.54 Å². The topological polar surface area (TPSA) is 32.3 Å². The first kappa shape index (κ1) is 11.0. The summed E-state index contributed by atoms with van der Waals surface area (Å²) in [5.74, 6) is 0.989. The third kappa shape index (κ3) is 5.27. The second-order valence-corrected chi connectivity index (χ2v) is 4.66. The molecule has 0 aromatic rings. The average Bonchev–Trinajstić information content (AvgIpc) is 2.81. The zero-order valence-corrected chi connectivity index (χ0v) is 8.97. The zero-order valence-electron chi connectivity index (χ0n) is 8.97. The molecule has 0 aromatic carbocycles. The molecule has 0 bridgehead atoms. The van der Waals surface area contributed by atoms with Crippen molar-refractivity contribution in [2.45, 2.75) is 51.6 Å². The Hall–Kier alpha value is -0.0800. The lowest BCUT2D eigenvalue weighted by molar-refractivity contribution is 0.0501. The summed E-state index contributed by atoms with van der Waals surface area (Å²) in [6, 6.07) is 0. The van der Waals surface area contributed by atoms with E-state index in [2.05, 4.69) is 12.2 Å². The Kier molecular flexibility index (Phi) is 4.20. The Morgan fingerprint density at radius 3 is 2.69 bits per heavy atom. The van der Waals surface area contributed by atoms with Crippen LogP contribution in [0, 0.1) is 5.92 Å². The summed E-state index contributed by atoms with van der Waals surface area (Å²) in [5, 5.41) is 13.2. The van der Waals surface area contributed by atoms with Crippen LogP contribution >= 0.6 is 0 Å². The van der Waals surface area contributed by atoms with Gasteiger partial charge in [-0.1, -0.05) is 26.2 Å². The summed E-state index contributed by atoms with van der Waals surface area (Å²) in [5.41, 5.74) is -0.502. The van der Waals surface area contributed by atoms with Gasteiger partial charge in [0.2, 0.25) is 0 Å². The number of hydrogen-bond donors (Lipinski definition) is 2. The highest BCUT2D eigenvalue weighted by atomic mass is 16.3. The van der Waals surface area contributed by atoms with Crippen molar-refractivity contribution in [3.63, 3.8) is 0 Å². The van der Waals surface area contributed by atoms with E-state index in [4.69, 9.17) is 0 Å². The Labute approximate surface area is 81.7 Å². The van der Waals surface area contributed by atoms with E-state index in [1.165, 1.54) is 19.3 Å². The maximum atomic E-state index is 9.83. The van der Waals surface area contributed by atoms with Gasteiger partial charge >= 0.3 is 0 Å². The Bertz CT molecular complexity index is 141. The van der Waals surface area contributed by atoms with Crippen LogP contribution < -0.4 is 5.32 Å². The third-order valence-corrected chi connectivity index (χ3v) is 2.72. The molecule has 1 fully saturated rings. The normalized spacial score (nSPS) is 21.5. The Balaban J connectivity index is 1.95. The van der Waals surface area contributed by atoms with Gasteiger partial charge in [0.05, 0.1) is 5.60 Å². The fourth-order valence-corrected chi connectivity index (χ4v) is 1.70. The molecular weight excluding hydrogens is 162 g/mol. The van der Waals surface area contributed by atoms with Crippen molar-refractivity contribution >= 4 is 0 Å². The van der Waals surface area contributed by atoms with Gasteiger partial charge in [-0.25, -0.2) is 0 Å². The van der Waals surface area contributed by atoms with E-state index in [1.807, 2.05) is 6.92 Å². The molecule has 1 aliphatic carbocycles. The minimum Gasteiger partial charge on any atom is -0.389 e. The summed E-state index contributed by atoms with van der Waals surface area (Å²) in [6.45, 7) is 5.84. The highest BCUT2D eigenvalue weighted by Gasteiger charge is 2.21. The lowest BCUT2D eigenvalue weighted by Crippen LogP contribution is -2.38. The molecule has 2 nitrogen and oxygen atoms in total.